The van der Waals surface area contributed by atoms with Crippen molar-refractivity contribution in [2.75, 3.05) is 36.4 Å². The largest absolute Gasteiger partial charge is 0.416 e. The first kappa shape index (κ1) is 21.7. The van der Waals surface area contributed by atoms with Gasteiger partial charge in [-0.2, -0.15) is 17.9 Å². The highest BCUT2D eigenvalue weighted by Gasteiger charge is 2.38. The van der Waals surface area contributed by atoms with Gasteiger partial charge in [0.2, 0.25) is 10.0 Å². The Morgan fingerprint density at radius 2 is 1.68 bits per heavy atom. The molecular weight excluding hydrogens is 457 g/mol. The van der Waals surface area contributed by atoms with Crippen molar-refractivity contribution < 1.29 is 26.4 Å². The van der Waals surface area contributed by atoms with Crippen molar-refractivity contribution in [3.05, 3.63) is 53.1 Å². The summed E-state index contributed by atoms with van der Waals surface area (Å²) in [5.41, 5.74) is -0.313. The van der Waals surface area contributed by atoms with E-state index in [0.29, 0.717) is 43.3 Å². The zero-order chi connectivity index (χ0) is 22.4. The van der Waals surface area contributed by atoms with E-state index in [0.717, 1.165) is 11.8 Å². The van der Waals surface area contributed by atoms with Crippen molar-refractivity contribution in [1.82, 2.24) is 9.62 Å². The van der Waals surface area contributed by atoms with Gasteiger partial charge in [-0.05, 0) is 42.5 Å². The van der Waals surface area contributed by atoms with Crippen LogP contribution in [-0.2, 0) is 21.0 Å². The van der Waals surface area contributed by atoms with Crippen LogP contribution in [0.1, 0.15) is 5.56 Å². The number of piperazine rings is 1. The molecule has 2 aliphatic heterocycles. The lowest BCUT2D eigenvalue weighted by Crippen LogP contribution is -2.58. The number of halogens is 4. The van der Waals surface area contributed by atoms with Gasteiger partial charge in [-0.3, -0.25) is 4.79 Å². The minimum absolute atomic E-state index is 0.258. The maximum atomic E-state index is 13.0. The smallest absolute Gasteiger partial charge is 0.368 e. The number of fused-ring (bicyclic) bond motifs is 1. The fourth-order valence-electron chi connectivity index (χ4n) is 3.59. The molecule has 0 unspecified atom stereocenters. The molecule has 2 N–H and O–H groups in total. The summed E-state index contributed by atoms with van der Waals surface area (Å²) in [6, 6.07) is 9.53. The number of carbonyl (C=O) groups is 1. The summed E-state index contributed by atoms with van der Waals surface area (Å²) in [5, 5.41) is 3.21. The Bertz CT molecular complexity index is 1100. The summed E-state index contributed by atoms with van der Waals surface area (Å²) in [6.45, 7) is 1.69. The van der Waals surface area contributed by atoms with Crippen LogP contribution in [0, 0.1) is 0 Å². The summed E-state index contributed by atoms with van der Waals surface area (Å²) in [5.74, 6) is -0.553. The van der Waals surface area contributed by atoms with Crippen LogP contribution in [0.3, 0.4) is 0 Å². The van der Waals surface area contributed by atoms with Crippen molar-refractivity contribution in [2.45, 2.75) is 17.2 Å². The number of anilines is 2. The second kappa shape index (κ2) is 7.88. The minimum Gasteiger partial charge on any atom is -0.368 e. The zero-order valence-electron chi connectivity index (χ0n) is 16.0. The third-order valence-corrected chi connectivity index (χ3v) is 6.93. The molecule has 1 fully saturated rings. The Morgan fingerprint density at radius 3 is 2.29 bits per heavy atom. The van der Waals surface area contributed by atoms with Crippen LogP contribution in [0.4, 0.5) is 24.5 Å². The molecule has 1 saturated heterocycles. The normalized spacial score (nSPS) is 20.7. The first-order valence-corrected chi connectivity index (χ1v) is 11.2. The van der Waals surface area contributed by atoms with Crippen LogP contribution in [0.2, 0.25) is 5.02 Å². The molecule has 2 aromatic rings. The number of nitrogens with one attached hydrogen (secondary N) is 2. The molecule has 0 aliphatic carbocycles. The summed E-state index contributed by atoms with van der Waals surface area (Å²) in [4.78, 5) is 16.1. The van der Waals surface area contributed by atoms with Gasteiger partial charge in [0.05, 0.1) is 11.3 Å². The predicted molar refractivity (Wildman–Crippen MR) is 109 cm³/mol. The average molecular weight is 475 g/mol. The highest BCUT2D eigenvalue weighted by Crippen LogP contribution is 2.35. The molecule has 12 heteroatoms. The van der Waals surface area contributed by atoms with Crippen molar-refractivity contribution in [1.29, 1.82) is 0 Å². The molecule has 31 heavy (non-hydrogen) atoms. The lowest BCUT2D eigenvalue weighted by atomic mass is 10.2. The lowest BCUT2D eigenvalue weighted by Gasteiger charge is -2.38. The molecule has 4 rings (SSSR count). The number of hydrogen-bond acceptors (Lipinski definition) is 5. The van der Waals surface area contributed by atoms with Gasteiger partial charge in [0, 0.05) is 36.9 Å². The number of hydrogen-bond donors (Lipinski definition) is 2. The van der Waals surface area contributed by atoms with E-state index in [-0.39, 0.29) is 10.6 Å². The Morgan fingerprint density at radius 1 is 1.03 bits per heavy atom. The molecule has 0 bridgehead atoms. The summed E-state index contributed by atoms with van der Waals surface area (Å²) < 4.78 is 66.2. The van der Waals surface area contributed by atoms with E-state index in [1.165, 1.54) is 4.90 Å². The van der Waals surface area contributed by atoms with E-state index in [4.69, 9.17) is 11.6 Å². The Hall–Kier alpha value is -2.50. The van der Waals surface area contributed by atoms with E-state index in [1.54, 1.807) is 12.1 Å². The van der Waals surface area contributed by atoms with Crippen LogP contribution in [0.15, 0.2) is 47.4 Å². The van der Waals surface area contributed by atoms with Crippen molar-refractivity contribution in [3.8, 4) is 0 Å². The summed E-state index contributed by atoms with van der Waals surface area (Å²) >= 11 is 5.90. The SMILES string of the molecule is O=C([C@@H]1Nc2cc(C(F)(F)F)ccc2S(=O)(=O)N1)N1CCN(c2ccc(Cl)cc2)CC1. The third kappa shape index (κ3) is 4.43. The monoisotopic (exact) mass is 474 g/mol. The van der Waals surface area contributed by atoms with E-state index >= 15 is 0 Å². The van der Waals surface area contributed by atoms with E-state index in [1.807, 2.05) is 12.1 Å². The Balaban J connectivity index is 1.48. The maximum absolute atomic E-state index is 13.0. The maximum Gasteiger partial charge on any atom is 0.416 e. The number of alkyl halides is 3. The van der Waals surface area contributed by atoms with Crippen LogP contribution in [-0.4, -0.2) is 51.6 Å². The summed E-state index contributed by atoms with van der Waals surface area (Å²) in [6.07, 6.45) is -6.02. The molecule has 2 heterocycles. The fraction of sp³-hybridized carbons (Fsp3) is 0.316. The number of sulfonamides is 1. The van der Waals surface area contributed by atoms with Crippen molar-refractivity contribution in [2.24, 2.45) is 0 Å². The highest BCUT2D eigenvalue weighted by molar-refractivity contribution is 7.89. The van der Waals surface area contributed by atoms with Crippen molar-refractivity contribution >= 4 is 38.9 Å². The second-order valence-corrected chi connectivity index (χ2v) is 9.31. The van der Waals surface area contributed by atoms with Crippen LogP contribution >= 0.6 is 11.6 Å². The second-order valence-electron chi connectivity index (χ2n) is 7.20. The van der Waals surface area contributed by atoms with Gasteiger partial charge in [0.25, 0.3) is 5.91 Å². The van der Waals surface area contributed by atoms with E-state index in [9.17, 15) is 26.4 Å². The van der Waals surface area contributed by atoms with Gasteiger partial charge in [0.1, 0.15) is 4.90 Å². The molecule has 2 aliphatic rings. The zero-order valence-corrected chi connectivity index (χ0v) is 17.6. The Labute approximate surface area is 181 Å². The first-order chi connectivity index (χ1) is 14.5. The topological polar surface area (TPSA) is 81.7 Å². The standard InChI is InChI=1S/C19H18ClF3N4O3S/c20-13-2-4-14(5-3-13)26-7-9-27(10-8-26)18(28)17-24-15-11-12(19(21,22)23)1-6-16(15)31(29,30)25-17/h1-6,11,17,24-25H,7-10H2/t17-/m1/s1. The van der Waals surface area contributed by atoms with Crippen LogP contribution in [0.25, 0.3) is 0 Å². The molecule has 0 spiro atoms. The number of rotatable bonds is 2. The number of carbonyl (C=O) groups excluding carboxylic acids is 1. The van der Waals surface area contributed by atoms with Gasteiger partial charge in [-0.15, -0.1) is 0 Å². The van der Waals surface area contributed by atoms with Crippen LogP contribution < -0.4 is 14.9 Å². The van der Waals surface area contributed by atoms with Crippen molar-refractivity contribution in [3.63, 3.8) is 0 Å². The number of benzene rings is 2. The predicted octanol–water partition coefficient (Wildman–Crippen LogP) is 2.74. The average Bonchev–Trinajstić information content (AvgIpc) is 2.72. The number of amides is 1. The van der Waals surface area contributed by atoms with Gasteiger partial charge in [0.15, 0.2) is 6.17 Å². The quantitative estimate of drug-likeness (QED) is 0.699. The molecule has 1 amide bonds. The molecule has 0 radical (unpaired) electrons. The van der Waals surface area contributed by atoms with E-state index in [2.05, 4.69) is 14.9 Å². The van der Waals surface area contributed by atoms with E-state index < -0.39 is 33.8 Å². The minimum atomic E-state index is -4.64. The third-order valence-electron chi connectivity index (χ3n) is 5.20. The van der Waals surface area contributed by atoms with Crippen LogP contribution in [0.5, 0.6) is 0 Å². The molecule has 0 saturated carbocycles. The fourth-order valence-corrected chi connectivity index (χ4v) is 4.97. The summed E-state index contributed by atoms with van der Waals surface area (Å²) in [7, 11) is -4.15. The molecule has 7 nitrogen and oxygen atoms in total. The molecule has 1 atom stereocenters. The first-order valence-electron chi connectivity index (χ1n) is 9.34. The number of nitrogens with zero attached hydrogens (tertiary/aromatic N) is 2. The molecular formula is C19H18ClF3N4O3S. The highest BCUT2D eigenvalue weighted by atomic mass is 35.5. The van der Waals surface area contributed by atoms with Gasteiger partial charge in [-0.1, -0.05) is 11.6 Å². The Kier molecular flexibility index (Phi) is 5.52. The van der Waals surface area contributed by atoms with Gasteiger partial charge < -0.3 is 15.1 Å². The van der Waals surface area contributed by atoms with Gasteiger partial charge >= 0.3 is 6.18 Å². The lowest BCUT2D eigenvalue weighted by molar-refractivity contribution is -0.137. The molecule has 2 aromatic carbocycles. The van der Waals surface area contributed by atoms with Gasteiger partial charge in [-0.25, -0.2) is 8.42 Å². The molecule has 166 valence electrons. The molecule has 0 aromatic heterocycles.